The summed E-state index contributed by atoms with van der Waals surface area (Å²) in [6, 6.07) is 42.0. The molecule has 0 unspecified atom stereocenters. The number of nitrogens with one attached hydrogen (secondary N) is 1. The highest BCUT2D eigenvalue weighted by Crippen LogP contribution is 2.49. The average molecular weight is 494 g/mol. The highest BCUT2D eigenvalue weighted by Gasteiger charge is 2.35. The molecule has 1 nitrogen and oxygen atoms in total. The SMILES string of the molecule is CC(C)(C)c1cc(-c2ccccc2)ccc1-c1ccc(Nc2ccc3c(c2)C(C)(C)c2ccccc2-3)cc1. The van der Waals surface area contributed by atoms with E-state index < -0.39 is 0 Å². The molecular formula is C37H35N. The van der Waals surface area contributed by atoms with E-state index in [0.29, 0.717) is 0 Å². The summed E-state index contributed by atoms with van der Waals surface area (Å²) in [5.74, 6) is 0. The van der Waals surface area contributed by atoms with E-state index in [4.69, 9.17) is 0 Å². The maximum absolute atomic E-state index is 3.65. The molecule has 0 aromatic heterocycles. The van der Waals surface area contributed by atoms with Crippen LogP contribution in [0.25, 0.3) is 33.4 Å². The molecule has 0 spiro atoms. The lowest BCUT2D eigenvalue weighted by molar-refractivity contribution is 0.592. The first-order valence-corrected chi connectivity index (χ1v) is 13.5. The standard InChI is InChI=1S/C37H35N/c1-36(2,3)34-23-27(25-11-7-6-8-12-25)17-21-30(34)26-15-18-28(19-16-26)38-29-20-22-32-31-13-9-10-14-33(31)37(4,5)35(32)24-29/h6-24,38H,1-5H3. The van der Waals surface area contributed by atoms with Gasteiger partial charge in [0.2, 0.25) is 0 Å². The molecule has 0 atom stereocenters. The molecule has 6 rings (SSSR count). The first kappa shape index (κ1) is 24.2. The lowest BCUT2D eigenvalue weighted by Crippen LogP contribution is -2.15. The zero-order valence-electron chi connectivity index (χ0n) is 23.0. The van der Waals surface area contributed by atoms with Crippen molar-refractivity contribution in [1.29, 1.82) is 0 Å². The molecule has 1 aliphatic rings. The van der Waals surface area contributed by atoms with Gasteiger partial charge in [0.25, 0.3) is 0 Å². The molecule has 0 aliphatic heterocycles. The van der Waals surface area contributed by atoms with Crippen LogP contribution in [0.2, 0.25) is 0 Å². The van der Waals surface area contributed by atoms with Gasteiger partial charge >= 0.3 is 0 Å². The fraction of sp³-hybridized carbons (Fsp3) is 0.189. The summed E-state index contributed by atoms with van der Waals surface area (Å²) < 4.78 is 0. The average Bonchev–Trinajstić information content (AvgIpc) is 3.15. The molecule has 1 N–H and O–H groups in total. The van der Waals surface area contributed by atoms with E-state index in [1.165, 1.54) is 50.1 Å². The summed E-state index contributed by atoms with van der Waals surface area (Å²) in [7, 11) is 0. The second-order valence-electron chi connectivity index (χ2n) is 12.0. The zero-order chi connectivity index (χ0) is 26.5. The quantitative estimate of drug-likeness (QED) is 0.262. The van der Waals surface area contributed by atoms with Crippen LogP contribution in [0.3, 0.4) is 0 Å². The highest BCUT2D eigenvalue weighted by atomic mass is 14.9. The van der Waals surface area contributed by atoms with Crippen LogP contribution in [0.15, 0.2) is 115 Å². The minimum absolute atomic E-state index is 0.00272. The van der Waals surface area contributed by atoms with Crippen LogP contribution < -0.4 is 5.32 Å². The van der Waals surface area contributed by atoms with Crippen molar-refractivity contribution in [3.05, 3.63) is 132 Å². The fourth-order valence-corrected chi connectivity index (χ4v) is 5.91. The lowest BCUT2D eigenvalue weighted by atomic mass is 9.80. The summed E-state index contributed by atoms with van der Waals surface area (Å²) in [5.41, 5.74) is 14.2. The molecule has 0 saturated heterocycles. The lowest BCUT2D eigenvalue weighted by Gasteiger charge is -2.24. The van der Waals surface area contributed by atoms with Crippen LogP contribution in [0.1, 0.15) is 51.3 Å². The normalized spacial score (nSPS) is 13.6. The molecule has 1 aliphatic carbocycles. The van der Waals surface area contributed by atoms with E-state index in [9.17, 15) is 0 Å². The van der Waals surface area contributed by atoms with Gasteiger partial charge in [0.1, 0.15) is 0 Å². The molecule has 0 fully saturated rings. The fourth-order valence-electron chi connectivity index (χ4n) is 5.91. The van der Waals surface area contributed by atoms with Gasteiger partial charge in [-0.1, -0.05) is 126 Å². The second kappa shape index (κ2) is 9.03. The maximum Gasteiger partial charge on any atom is 0.0387 e. The van der Waals surface area contributed by atoms with E-state index in [1.54, 1.807) is 0 Å². The first-order valence-electron chi connectivity index (χ1n) is 13.5. The van der Waals surface area contributed by atoms with Crippen LogP contribution in [0, 0.1) is 0 Å². The monoisotopic (exact) mass is 493 g/mol. The van der Waals surface area contributed by atoms with E-state index in [2.05, 4.69) is 155 Å². The third kappa shape index (κ3) is 4.23. The predicted octanol–water partition coefficient (Wildman–Crippen LogP) is 10.4. The third-order valence-corrected chi connectivity index (χ3v) is 8.00. The van der Waals surface area contributed by atoms with Gasteiger partial charge in [-0.3, -0.25) is 0 Å². The van der Waals surface area contributed by atoms with Crippen molar-refractivity contribution in [2.45, 2.75) is 45.4 Å². The molecule has 0 bridgehead atoms. The highest BCUT2D eigenvalue weighted by molar-refractivity contribution is 5.83. The summed E-state index contributed by atoms with van der Waals surface area (Å²) >= 11 is 0. The van der Waals surface area contributed by atoms with Crippen LogP contribution in [-0.4, -0.2) is 0 Å². The summed E-state index contributed by atoms with van der Waals surface area (Å²) in [4.78, 5) is 0. The van der Waals surface area contributed by atoms with Crippen LogP contribution in [0.4, 0.5) is 11.4 Å². The van der Waals surface area contributed by atoms with E-state index >= 15 is 0 Å². The molecule has 38 heavy (non-hydrogen) atoms. The molecule has 5 aromatic carbocycles. The van der Waals surface area contributed by atoms with Crippen LogP contribution in [0.5, 0.6) is 0 Å². The largest absolute Gasteiger partial charge is 0.356 e. The van der Waals surface area contributed by atoms with Gasteiger partial charge in [0.15, 0.2) is 0 Å². The Labute approximate surface area is 227 Å². The number of anilines is 2. The van der Waals surface area contributed by atoms with Crippen LogP contribution >= 0.6 is 0 Å². The Bertz CT molecular complexity index is 1620. The van der Waals surface area contributed by atoms with Crippen molar-refractivity contribution in [3.63, 3.8) is 0 Å². The summed E-state index contributed by atoms with van der Waals surface area (Å²) in [6.07, 6.45) is 0. The summed E-state index contributed by atoms with van der Waals surface area (Å²) in [6.45, 7) is 11.5. The Kier molecular flexibility index (Phi) is 5.76. The molecule has 0 saturated carbocycles. The molecule has 1 heteroatoms. The smallest absolute Gasteiger partial charge is 0.0387 e. The number of hydrogen-bond donors (Lipinski definition) is 1. The predicted molar refractivity (Wildman–Crippen MR) is 163 cm³/mol. The van der Waals surface area contributed by atoms with Crippen LogP contribution in [-0.2, 0) is 10.8 Å². The van der Waals surface area contributed by atoms with Gasteiger partial charge in [0.05, 0.1) is 0 Å². The Morgan fingerprint density at radius 3 is 1.84 bits per heavy atom. The molecule has 5 aromatic rings. The third-order valence-electron chi connectivity index (χ3n) is 8.00. The van der Waals surface area contributed by atoms with E-state index in [-0.39, 0.29) is 10.8 Å². The number of hydrogen-bond acceptors (Lipinski definition) is 1. The number of benzene rings is 5. The molecule has 0 heterocycles. The van der Waals surface area contributed by atoms with Gasteiger partial charge in [0, 0.05) is 16.8 Å². The summed E-state index contributed by atoms with van der Waals surface area (Å²) in [5, 5.41) is 3.65. The number of fused-ring (bicyclic) bond motifs is 3. The van der Waals surface area contributed by atoms with E-state index in [1.807, 2.05) is 0 Å². The van der Waals surface area contributed by atoms with Crippen molar-refractivity contribution >= 4 is 11.4 Å². The van der Waals surface area contributed by atoms with E-state index in [0.717, 1.165) is 11.4 Å². The molecular weight excluding hydrogens is 458 g/mol. The minimum atomic E-state index is 0.00272. The number of rotatable bonds is 4. The Morgan fingerprint density at radius 2 is 1.11 bits per heavy atom. The topological polar surface area (TPSA) is 12.0 Å². The van der Waals surface area contributed by atoms with Crippen molar-refractivity contribution < 1.29 is 0 Å². The Hall–Kier alpha value is -4.10. The van der Waals surface area contributed by atoms with Gasteiger partial charge in [-0.05, 0) is 79.8 Å². The van der Waals surface area contributed by atoms with Crippen molar-refractivity contribution in [1.82, 2.24) is 0 Å². The Balaban J connectivity index is 1.29. The van der Waals surface area contributed by atoms with Crippen molar-refractivity contribution in [3.8, 4) is 33.4 Å². The van der Waals surface area contributed by atoms with Crippen molar-refractivity contribution in [2.24, 2.45) is 0 Å². The molecule has 0 radical (unpaired) electrons. The van der Waals surface area contributed by atoms with Gasteiger partial charge in [-0.2, -0.15) is 0 Å². The van der Waals surface area contributed by atoms with Gasteiger partial charge in [-0.15, -0.1) is 0 Å². The van der Waals surface area contributed by atoms with Gasteiger partial charge < -0.3 is 5.32 Å². The van der Waals surface area contributed by atoms with Gasteiger partial charge in [-0.25, -0.2) is 0 Å². The molecule has 188 valence electrons. The second-order valence-corrected chi connectivity index (χ2v) is 12.0. The minimum Gasteiger partial charge on any atom is -0.356 e. The Morgan fingerprint density at radius 1 is 0.500 bits per heavy atom. The zero-order valence-corrected chi connectivity index (χ0v) is 23.0. The maximum atomic E-state index is 3.65. The first-order chi connectivity index (χ1) is 18.2. The van der Waals surface area contributed by atoms with Crippen molar-refractivity contribution in [2.75, 3.05) is 5.32 Å². The molecule has 0 amide bonds.